The molecule has 0 atom stereocenters. The Morgan fingerprint density at radius 2 is 1.76 bits per heavy atom. The second-order valence-electron chi connectivity index (χ2n) is 6.54. The Morgan fingerprint density at radius 3 is 2.34 bits per heavy atom. The van der Waals surface area contributed by atoms with E-state index in [1.807, 2.05) is 13.0 Å². The van der Waals surface area contributed by atoms with E-state index < -0.39 is 10.0 Å². The lowest BCUT2D eigenvalue weighted by Crippen LogP contribution is -2.52. The molecule has 10 heteroatoms. The molecule has 0 spiro atoms. The van der Waals surface area contributed by atoms with Gasteiger partial charge in [0.05, 0.1) is 11.4 Å². The number of benzene rings is 1. The van der Waals surface area contributed by atoms with Crippen molar-refractivity contribution in [3.05, 3.63) is 48.3 Å². The molecule has 1 aromatic heterocycles. The number of hydrogen-bond donors (Lipinski definition) is 2. The molecule has 1 fully saturated rings. The number of aromatic nitrogens is 2. The number of rotatable bonds is 6. The first-order chi connectivity index (χ1) is 14.0. The molecule has 156 valence electrons. The van der Waals surface area contributed by atoms with Gasteiger partial charge in [0.1, 0.15) is 0 Å². The Hall–Kier alpha value is -2.72. The van der Waals surface area contributed by atoms with E-state index in [1.165, 1.54) is 7.05 Å². The number of hydrogen-bond acceptors (Lipinski definition) is 6. The van der Waals surface area contributed by atoms with Crippen LogP contribution in [-0.4, -0.2) is 69.0 Å². The number of aliphatic imine (C=N–C) groups is 1. The van der Waals surface area contributed by atoms with Crippen molar-refractivity contribution in [3.63, 3.8) is 0 Å². The zero-order chi connectivity index (χ0) is 20.7. The smallest absolute Gasteiger partial charge is 0.240 e. The topological polar surface area (TPSA) is 103 Å². The first kappa shape index (κ1) is 21.0. The summed E-state index contributed by atoms with van der Waals surface area (Å²) in [5, 5.41) is 3.34. The van der Waals surface area contributed by atoms with Gasteiger partial charge in [-0.3, -0.25) is 0 Å². The minimum absolute atomic E-state index is 0.249. The van der Waals surface area contributed by atoms with Gasteiger partial charge < -0.3 is 15.1 Å². The van der Waals surface area contributed by atoms with Crippen molar-refractivity contribution in [1.82, 2.24) is 24.9 Å². The summed E-state index contributed by atoms with van der Waals surface area (Å²) in [4.78, 5) is 18.0. The Kier molecular flexibility index (Phi) is 6.99. The van der Waals surface area contributed by atoms with Crippen LogP contribution in [0.4, 0.5) is 5.95 Å². The molecule has 1 aromatic carbocycles. The largest absolute Gasteiger partial charge is 0.357 e. The highest BCUT2D eigenvalue weighted by molar-refractivity contribution is 7.89. The minimum Gasteiger partial charge on any atom is -0.357 e. The van der Waals surface area contributed by atoms with Crippen LogP contribution in [-0.2, 0) is 16.6 Å². The van der Waals surface area contributed by atoms with Crippen molar-refractivity contribution in [3.8, 4) is 0 Å². The van der Waals surface area contributed by atoms with Crippen LogP contribution in [0.5, 0.6) is 0 Å². The SMILES string of the molecule is CCNC(=NCc1ccc(S(=O)(=O)NC)cc1)N1CCN(c2ncccn2)CC1. The van der Waals surface area contributed by atoms with Crippen LogP contribution in [0.25, 0.3) is 0 Å². The highest BCUT2D eigenvalue weighted by Crippen LogP contribution is 2.12. The van der Waals surface area contributed by atoms with E-state index >= 15 is 0 Å². The second kappa shape index (κ2) is 9.66. The molecule has 0 radical (unpaired) electrons. The van der Waals surface area contributed by atoms with Crippen molar-refractivity contribution in [1.29, 1.82) is 0 Å². The van der Waals surface area contributed by atoms with E-state index in [0.717, 1.165) is 50.2 Å². The Labute approximate surface area is 171 Å². The van der Waals surface area contributed by atoms with Gasteiger partial charge >= 0.3 is 0 Å². The molecule has 1 aliphatic heterocycles. The van der Waals surface area contributed by atoms with Crippen LogP contribution in [0.2, 0.25) is 0 Å². The predicted octanol–water partition coefficient (Wildman–Crippen LogP) is 0.672. The van der Waals surface area contributed by atoms with E-state index in [-0.39, 0.29) is 4.90 Å². The third-order valence-corrected chi connectivity index (χ3v) is 6.09. The van der Waals surface area contributed by atoms with Crippen molar-refractivity contribution in [2.75, 3.05) is 44.7 Å². The molecule has 0 saturated carbocycles. The molecule has 2 N–H and O–H groups in total. The quantitative estimate of drug-likeness (QED) is 0.526. The van der Waals surface area contributed by atoms with Gasteiger partial charge in [0.15, 0.2) is 5.96 Å². The number of piperazine rings is 1. The van der Waals surface area contributed by atoms with E-state index in [0.29, 0.717) is 6.54 Å². The molecule has 29 heavy (non-hydrogen) atoms. The standard InChI is InChI=1S/C19H27N7O2S/c1-3-21-18(24-15-16-5-7-17(8-6-16)29(27,28)20-2)25-11-13-26(14-12-25)19-22-9-4-10-23-19/h4-10,20H,3,11-15H2,1-2H3,(H,21,24). The average Bonchev–Trinajstić information content (AvgIpc) is 2.77. The van der Waals surface area contributed by atoms with E-state index in [4.69, 9.17) is 4.99 Å². The molecule has 9 nitrogen and oxygen atoms in total. The first-order valence-electron chi connectivity index (χ1n) is 9.61. The van der Waals surface area contributed by atoms with E-state index in [1.54, 1.807) is 36.7 Å². The third kappa shape index (κ3) is 5.42. The second-order valence-corrected chi connectivity index (χ2v) is 8.43. The lowest BCUT2D eigenvalue weighted by atomic mass is 10.2. The summed E-state index contributed by atoms with van der Waals surface area (Å²) in [6.45, 7) is 6.59. The summed E-state index contributed by atoms with van der Waals surface area (Å²) in [6.07, 6.45) is 3.51. The zero-order valence-electron chi connectivity index (χ0n) is 16.7. The summed E-state index contributed by atoms with van der Waals surface area (Å²) < 4.78 is 26.0. The van der Waals surface area contributed by atoms with Gasteiger partial charge in [-0.1, -0.05) is 12.1 Å². The molecule has 1 saturated heterocycles. The third-order valence-electron chi connectivity index (χ3n) is 4.66. The first-order valence-corrected chi connectivity index (χ1v) is 11.1. The maximum Gasteiger partial charge on any atom is 0.240 e. The molecule has 0 unspecified atom stereocenters. The van der Waals surface area contributed by atoms with Crippen LogP contribution in [0.1, 0.15) is 12.5 Å². The lowest BCUT2D eigenvalue weighted by molar-refractivity contribution is 0.370. The molecular formula is C19H27N7O2S. The van der Waals surface area contributed by atoms with E-state index in [2.05, 4.69) is 29.8 Å². The summed E-state index contributed by atoms with van der Waals surface area (Å²) >= 11 is 0. The molecule has 3 rings (SSSR count). The number of anilines is 1. The normalized spacial score (nSPS) is 15.4. The Bertz CT molecular complexity index is 909. The number of nitrogens with zero attached hydrogens (tertiary/aromatic N) is 5. The Morgan fingerprint density at radius 1 is 1.10 bits per heavy atom. The molecule has 0 aliphatic carbocycles. The van der Waals surface area contributed by atoms with Gasteiger partial charge in [-0.2, -0.15) is 0 Å². The van der Waals surface area contributed by atoms with Gasteiger partial charge in [-0.25, -0.2) is 28.1 Å². The summed E-state index contributed by atoms with van der Waals surface area (Å²) in [5.41, 5.74) is 0.951. The molecular weight excluding hydrogens is 390 g/mol. The van der Waals surface area contributed by atoms with Crippen molar-refractivity contribution < 1.29 is 8.42 Å². The maximum absolute atomic E-state index is 11.8. The molecule has 0 bridgehead atoms. The van der Waals surface area contributed by atoms with Crippen LogP contribution >= 0.6 is 0 Å². The van der Waals surface area contributed by atoms with E-state index in [9.17, 15) is 8.42 Å². The van der Waals surface area contributed by atoms with Crippen LogP contribution < -0.4 is 14.9 Å². The summed E-state index contributed by atoms with van der Waals surface area (Å²) in [5.74, 6) is 1.61. The minimum atomic E-state index is -3.42. The molecule has 2 heterocycles. The fourth-order valence-corrected chi connectivity index (χ4v) is 3.79. The molecule has 2 aromatic rings. The summed E-state index contributed by atoms with van der Waals surface area (Å²) in [6, 6.07) is 8.60. The van der Waals surface area contributed by atoms with Gasteiger partial charge in [-0.15, -0.1) is 0 Å². The van der Waals surface area contributed by atoms with Crippen molar-refractivity contribution >= 4 is 21.9 Å². The van der Waals surface area contributed by atoms with Crippen molar-refractivity contribution in [2.45, 2.75) is 18.4 Å². The van der Waals surface area contributed by atoms with Crippen LogP contribution in [0.15, 0.2) is 52.6 Å². The number of nitrogens with one attached hydrogen (secondary N) is 2. The summed E-state index contributed by atoms with van der Waals surface area (Å²) in [7, 11) is -2.02. The van der Waals surface area contributed by atoms with Gasteiger partial charge in [0, 0.05) is 45.1 Å². The Balaban J connectivity index is 1.63. The van der Waals surface area contributed by atoms with Crippen LogP contribution in [0.3, 0.4) is 0 Å². The zero-order valence-corrected chi connectivity index (χ0v) is 17.6. The van der Waals surface area contributed by atoms with Gasteiger partial charge in [-0.05, 0) is 37.7 Å². The fourth-order valence-electron chi connectivity index (χ4n) is 3.06. The number of sulfonamides is 1. The highest BCUT2D eigenvalue weighted by atomic mass is 32.2. The maximum atomic E-state index is 11.8. The number of guanidine groups is 1. The van der Waals surface area contributed by atoms with Gasteiger partial charge in [0.25, 0.3) is 0 Å². The van der Waals surface area contributed by atoms with Crippen LogP contribution in [0, 0.1) is 0 Å². The fraction of sp³-hybridized carbons (Fsp3) is 0.421. The van der Waals surface area contributed by atoms with Crippen molar-refractivity contribution in [2.24, 2.45) is 4.99 Å². The lowest BCUT2D eigenvalue weighted by Gasteiger charge is -2.36. The average molecular weight is 418 g/mol. The monoisotopic (exact) mass is 417 g/mol. The predicted molar refractivity (Wildman–Crippen MR) is 113 cm³/mol. The van der Waals surface area contributed by atoms with Gasteiger partial charge in [0.2, 0.25) is 16.0 Å². The molecule has 1 aliphatic rings. The highest BCUT2D eigenvalue weighted by Gasteiger charge is 2.21. The molecule has 0 amide bonds.